The first kappa shape index (κ1) is 11.7. The van der Waals surface area contributed by atoms with Crippen LogP contribution in [-0.4, -0.2) is 11.6 Å². The molecular weight excluding hydrogens is 188 g/mol. The molecule has 0 bridgehead atoms. The van der Waals surface area contributed by atoms with Crippen LogP contribution in [0.15, 0.2) is 30.3 Å². The second-order valence-corrected chi connectivity index (χ2v) is 3.83. The van der Waals surface area contributed by atoms with Gasteiger partial charge in [-0.15, -0.1) is 0 Å². The zero-order valence-electron chi connectivity index (χ0n) is 9.10. The van der Waals surface area contributed by atoms with E-state index in [0.29, 0.717) is 6.61 Å². The SMILES string of the molecule is C[C@H](OCc1ccccc1)C(C)(N)C#N. The molecule has 0 saturated heterocycles. The van der Waals surface area contributed by atoms with Crippen LogP contribution in [0.25, 0.3) is 0 Å². The summed E-state index contributed by atoms with van der Waals surface area (Å²) in [5, 5.41) is 8.81. The number of nitrogens with zero attached hydrogens (tertiary/aromatic N) is 1. The van der Waals surface area contributed by atoms with Crippen molar-refractivity contribution in [1.29, 1.82) is 5.26 Å². The minimum absolute atomic E-state index is 0.289. The Morgan fingerprint density at radius 2 is 2.07 bits per heavy atom. The van der Waals surface area contributed by atoms with Crippen molar-refractivity contribution in [1.82, 2.24) is 0 Å². The number of hydrogen-bond donors (Lipinski definition) is 1. The van der Waals surface area contributed by atoms with E-state index in [4.69, 9.17) is 15.7 Å². The predicted octanol–water partition coefficient (Wildman–Crippen LogP) is 1.83. The Bertz CT molecular complexity index is 340. The van der Waals surface area contributed by atoms with Gasteiger partial charge in [0.2, 0.25) is 0 Å². The van der Waals surface area contributed by atoms with Crippen LogP contribution in [0.1, 0.15) is 19.4 Å². The van der Waals surface area contributed by atoms with Crippen molar-refractivity contribution in [2.24, 2.45) is 5.73 Å². The van der Waals surface area contributed by atoms with E-state index < -0.39 is 5.54 Å². The average molecular weight is 204 g/mol. The molecule has 1 aromatic rings. The lowest BCUT2D eigenvalue weighted by atomic mass is 10.00. The van der Waals surface area contributed by atoms with Gasteiger partial charge in [0.15, 0.2) is 0 Å². The molecule has 3 heteroatoms. The van der Waals surface area contributed by atoms with Crippen LogP contribution in [0.2, 0.25) is 0 Å². The molecule has 0 spiro atoms. The van der Waals surface area contributed by atoms with Crippen LogP contribution in [0.4, 0.5) is 0 Å². The maximum absolute atomic E-state index is 8.81. The first-order valence-electron chi connectivity index (χ1n) is 4.92. The highest BCUT2D eigenvalue weighted by Crippen LogP contribution is 2.11. The van der Waals surface area contributed by atoms with Gasteiger partial charge in [0.25, 0.3) is 0 Å². The molecule has 0 aliphatic heterocycles. The number of nitrogens with two attached hydrogens (primary N) is 1. The smallest absolute Gasteiger partial charge is 0.127 e. The van der Waals surface area contributed by atoms with E-state index in [0.717, 1.165) is 5.56 Å². The van der Waals surface area contributed by atoms with Crippen molar-refractivity contribution < 1.29 is 4.74 Å². The number of hydrogen-bond acceptors (Lipinski definition) is 3. The summed E-state index contributed by atoms with van der Waals surface area (Å²) < 4.78 is 5.54. The molecule has 0 radical (unpaired) electrons. The van der Waals surface area contributed by atoms with Crippen LogP contribution >= 0.6 is 0 Å². The molecule has 0 aliphatic carbocycles. The molecule has 0 aromatic heterocycles. The largest absolute Gasteiger partial charge is 0.371 e. The molecule has 80 valence electrons. The number of ether oxygens (including phenoxy) is 1. The molecule has 0 fully saturated rings. The van der Waals surface area contributed by atoms with E-state index in [1.54, 1.807) is 6.92 Å². The molecule has 15 heavy (non-hydrogen) atoms. The van der Waals surface area contributed by atoms with Crippen LogP contribution in [0.3, 0.4) is 0 Å². The maximum Gasteiger partial charge on any atom is 0.127 e. The minimum atomic E-state index is -0.936. The lowest BCUT2D eigenvalue weighted by Crippen LogP contribution is -2.46. The third-order valence-corrected chi connectivity index (χ3v) is 2.43. The Morgan fingerprint density at radius 1 is 1.47 bits per heavy atom. The Hall–Kier alpha value is -1.37. The van der Waals surface area contributed by atoms with E-state index >= 15 is 0 Å². The summed E-state index contributed by atoms with van der Waals surface area (Å²) in [6.07, 6.45) is -0.289. The second-order valence-electron chi connectivity index (χ2n) is 3.83. The van der Waals surface area contributed by atoms with Gasteiger partial charge in [0.1, 0.15) is 5.54 Å². The monoisotopic (exact) mass is 204 g/mol. The van der Waals surface area contributed by atoms with Crippen molar-refractivity contribution in [3.05, 3.63) is 35.9 Å². The highest BCUT2D eigenvalue weighted by molar-refractivity contribution is 5.14. The highest BCUT2D eigenvalue weighted by atomic mass is 16.5. The normalized spacial score (nSPS) is 16.4. The summed E-state index contributed by atoms with van der Waals surface area (Å²) in [5.41, 5.74) is 5.88. The van der Waals surface area contributed by atoms with Gasteiger partial charge in [-0.3, -0.25) is 0 Å². The quantitative estimate of drug-likeness (QED) is 0.814. The van der Waals surface area contributed by atoms with E-state index in [1.165, 1.54) is 0 Å². The molecule has 0 saturated carbocycles. The Morgan fingerprint density at radius 3 is 2.60 bits per heavy atom. The second kappa shape index (κ2) is 4.92. The Labute approximate surface area is 90.5 Å². The predicted molar refractivity (Wildman–Crippen MR) is 58.9 cm³/mol. The van der Waals surface area contributed by atoms with Gasteiger partial charge in [0, 0.05) is 0 Å². The van der Waals surface area contributed by atoms with Crippen LogP contribution in [0.5, 0.6) is 0 Å². The molecule has 1 aromatic carbocycles. The summed E-state index contributed by atoms with van der Waals surface area (Å²) in [6, 6.07) is 11.8. The van der Waals surface area contributed by atoms with E-state index in [9.17, 15) is 0 Å². The summed E-state index contributed by atoms with van der Waals surface area (Å²) in [4.78, 5) is 0. The lowest BCUT2D eigenvalue weighted by molar-refractivity contribution is 0.0222. The van der Waals surface area contributed by atoms with Gasteiger partial charge in [0.05, 0.1) is 18.8 Å². The topological polar surface area (TPSA) is 59.0 Å². The van der Waals surface area contributed by atoms with Crippen LogP contribution in [0, 0.1) is 11.3 Å². The molecule has 3 nitrogen and oxygen atoms in total. The maximum atomic E-state index is 8.81. The summed E-state index contributed by atoms with van der Waals surface area (Å²) in [5.74, 6) is 0. The third kappa shape index (κ3) is 3.35. The fourth-order valence-electron chi connectivity index (χ4n) is 1.06. The molecule has 1 rings (SSSR count). The fourth-order valence-corrected chi connectivity index (χ4v) is 1.06. The summed E-state index contributed by atoms with van der Waals surface area (Å²) in [6.45, 7) is 3.96. The van der Waals surface area contributed by atoms with Gasteiger partial charge >= 0.3 is 0 Å². The molecular formula is C12H16N2O. The van der Waals surface area contributed by atoms with Crippen molar-refractivity contribution in [3.63, 3.8) is 0 Å². The molecule has 0 aliphatic rings. The van der Waals surface area contributed by atoms with Crippen molar-refractivity contribution in [2.45, 2.75) is 32.1 Å². The average Bonchev–Trinajstić information content (AvgIpc) is 2.27. The van der Waals surface area contributed by atoms with Crippen LogP contribution < -0.4 is 5.73 Å². The van der Waals surface area contributed by atoms with Crippen molar-refractivity contribution >= 4 is 0 Å². The van der Waals surface area contributed by atoms with Gasteiger partial charge < -0.3 is 10.5 Å². The van der Waals surface area contributed by atoms with E-state index in [2.05, 4.69) is 0 Å². The zero-order valence-corrected chi connectivity index (χ0v) is 9.10. The lowest BCUT2D eigenvalue weighted by Gasteiger charge is -2.24. The van der Waals surface area contributed by atoms with Gasteiger partial charge in [-0.2, -0.15) is 5.26 Å². The Balaban J connectivity index is 2.49. The van der Waals surface area contributed by atoms with Crippen LogP contribution in [-0.2, 0) is 11.3 Å². The van der Waals surface area contributed by atoms with Gasteiger partial charge in [-0.25, -0.2) is 0 Å². The number of benzene rings is 1. The third-order valence-electron chi connectivity index (χ3n) is 2.43. The van der Waals surface area contributed by atoms with Gasteiger partial charge in [-0.1, -0.05) is 30.3 Å². The standard InChI is InChI=1S/C12H16N2O/c1-10(12(2,14)9-13)15-8-11-6-4-3-5-7-11/h3-7,10H,8,14H2,1-2H3/t10-,12?/m0/s1. The molecule has 0 amide bonds. The molecule has 2 atom stereocenters. The van der Waals surface area contributed by atoms with Gasteiger partial charge in [-0.05, 0) is 19.4 Å². The first-order chi connectivity index (χ1) is 7.06. The van der Waals surface area contributed by atoms with E-state index in [-0.39, 0.29) is 6.10 Å². The zero-order chi connectivity index (χ0) is 11.3. The van der Waals surface area contributed by atoms with E-state index in [1.807, 2.05) is 43.3 Å². The molecule has 0 heterocycles. The highest BCUT2D eigenvalue weighted by Gasteiger charge is 2.26. The first-order valence-corrected chi connectivity index (χ1v) is 4.92. The summed E-state index contributed by atoms with van der Waals surface area (Å²) >= 11 is 0. The summed E-state index contributed by atoms with van der Waals surface area (Å²) in [7, 11) is 0. The fraction of sp³-hybridized carbons (Fsp3) is 0.417. The number of rotatable bonds is 4. The van der Waals surface area contributed by atoms with Crippen molar-refractivity contribution in [3.8, 4) is 6.07 Å². The minimum Gasteiger partial charge on any atom is -0.371 e. The molecule has 2 N–H and O–H groups in total. The Kier molecular flexibility index (Phi) is 3.84. The number of nitriles is 1. The molecule has 1 unspecified atom stereocenters. The van der Waals surface area contributed by atoms with Crippen molar-refractivity contribution in [2.75, 3.05) is 0 Å².